The fraction of sp³-hybridized carbons (Fsp3) is 0.250. The van der Waals surface area contributed by atoms with E-state index in [9.17, 15) is 24.8 Å². The van der Waals surface area contributed by atoms with Gasteiger partial charge in [-0.2, -0.15) is 0 Å². The first-order valence-corrected chi connectivity index (χ1v) is 9.09. The number of nitro benzene ring substituents is 1. The van der Waals surface area contributed by atoms with E-state index >= 15 is 0 Å². The summed E-state index contributed by atoms with van der Waals surface area (Å²) in [7, 11) is 0. The molecule has 0 bridgehead atoms. The molecule has 0 fully saturated rings. The van der Waals surface area contributed by atoms with Gasteiger partial charge in [-0.15, -0.1) is 0 Å². The second kappa shape index (κ2) is 7.22. The first-order chi connectivity index (χ1) is 13.8. The van der Waals surface area contributed by atoms with Gasteiger partial charge < -0.3 is 14.4 Å². The van der Waals surface area contributed by atoms with Crippen LogP contribution in [-0.2, 0) is 28.3 Å². The molecule has 149 valence electrons. The molecule has 30 heavy (non-hydrogen) atoms. The van der Waals surface area contributed by atoms with E-state index < -0.39 is 16.5 Å². The molecule has 1 aromatic carbocycles. The summed E-state index contributed by atoms with van der Waals surface area (Å²) < 4.78 is 6.54. The van der Waals surface area contributed by atoms with Crippen molar-refractivity contribution in [3.05, 3.63) is 67.5 Å². The number of benzene rings is 1. The molecule has 5 rings (SSSR count). The van der Waals surface area contributed by atoms with Gasteiger partial charge in [-0.25, -0.2) is 9.78 Å². The second-order valence-electron chi connectivity index (χ2n) is 7.20. The number of carbonyl (C=O) groups is 1. The molecule has 1 N–H and O–H groups in total. The summed E-state index contributed by atoms with van der Waals surface area (Å²) >= 11 is 0. The van der Waals surface area contributed by atoms with Crippen LogP contribution in [0.2, 0.25) is 0 Å². The number of non-ortho nitro benzene ring substituents is 1. The molecule has 0 amide bonds. The Hall–Kier alpha value is -2.15. The van der Waals surface area contributed by atoms with E-state index in [1.54, 1.807) is 31.2 Å². The van der Waals surface area contributed by atoms with Crippen LogP contribution >= 0.6 is 0 Å². The number of fused-ring (bicyclic) bond motifs is 5. The minimum Gasteiger partial charge on any atom is -0.458 e. The molecule has 1 atom stereocenters. The molecule has 2 aliphatic rings. The molecule has 1 radical (unpaired) electrons. The van der Waals surface area contributed by atoms with Crippen LogP contribution in [0, 0.1) is 54.2 Å². The molecule has 3 aromatic rings. The summed E-state index contributed by atoms with van der Waals surface area (Å²) in [5.74, 6) is -0.780. The van der Waals surface area contributed by atoms with Gasteiger partial charge in [-0.3, -0.25) is 14.9 Å². The summed E-state index contributed by atoms with van der Waals surface area (Å²) in [5.41, 5.74) is 0.241. The quantitative estimate of drug-likeness (QED) is 0.207. The third-order valence-corrected chi connectivity index (χ3v) is 5.73. The Morgan fingerprint density at radius 1 is 1.33 bits per heavy atom. The first kappa shape index (κ1) is 21.1. The summed E-state index contributed by atoms with van der Waals surface area (Å²) in [4.78, 5) is 40.7. The number of rotatable bonds is 2. The molecule has 2 aromatic heterocycles. The van der Waals surface area contributed by atoms with Crippen molar-refractivity contribution in [1.82, 2.24) is 9.55 Å². The predicted molar refractivity (Wildman–Crippen MR) is 101 cm³/mol. The number of aliphatic hydroxyl groups is 1. The van der Waals surface area contributed by atoms with Crippen molar-refractivity contribution >= 4 is 22.6 Å². The minimum atomic E-state index is -1.89. The third kappa shape index (κ3) is 2.78. The van der Waals surface area contributed by atoms with Gasteiger partial charge in [-0.1, -0.05) is 13.0 Å². The Morgan fingerprint density at radius 3 is 2.80 bits per heavy atom. The van der Waals surface area contributed by atoms with Crippen LogP contribution < -0.4 is 5.56 Å². The van der Waals surface area contributed by atoms with E-state index in [1.165, 1.54) is 10.6 Å². The van der Waals surface area contributed by atoms with Crippen LogP contribution in [0.15, 0.2) is 35.1 Å². The summed E-state index contributed by atoms with van der Waals surface area (Å²) in [5, 5.41) is 22.6. The average molecular weight is 620 g/mol. The van der Waals surface area contributed by atoms with Gasteiger partial charge in [0.05, 0.1) is 39.3 Å². The third-order valence-electron chi connectivity index (χ3n) is 5.73. The zero-order chi connectivity index (χ0) is 20.5. The van der Waals surface area contributed by atoms with Crippen molar-refractivity contribution < 1.29 is 63.6 Å². The molecule has 0 aliphatic carbocycles. The number of aromatic nitrogens is 2. The Labute approximate surface area is 205 Å². The summed E-state index contributed by atoms with van der Waals surface area (Å²) in [6.45, 7) is 1.64. The fourth-order valence-electron chi connectivity index (χ4n) is 4.15. The molecule has 2 aliphatic heterocycles. The zero-order valence-corrected chi connectivity index (χ0v) is 20.7. The number of hydrogen-bond donors (Lipinski definition) is 1. The largest absolute Gasteiger partial charge is 0.458 e. The molecule has 4 heterocycles. The van der Waals surface area contributed by atoms with Crippen LogP contribution in [0.1, 0.15) is 30.0 Å². The van der Waals surface area contributed by atoms with Crippen molar-refractivity contribution in [2.75, 3.05) is 0 Å². The molecule has 0 saturated carbocycles. The number of esters is 1. The Balaban J connectivity index is 0.00000218. The van der Waals surface area contributed by atoms with E-state index in [1.807, 2.05) is 0 Å². The topological polar surface area (TPSA) is 125 Å². The van der Waals surface area contributed by atoms with Gasteiger partial charge >= 0.3 is 5.97 Å². The van der Waals surface area contributed by atoms with Crippen LogP contribution in [-0.4, -0.2) is 25.6 Å². The maximum atomic E-state index is 13.1. The maximum Gasteiger partial charge on any atom is 0.343 e. The van der Waals surface area contributed by atoms with E-state index in [0.717, 1.165) is 0 Å². The molecule has 1 unspecified atom stereocenters. The van der Waals surface area contributed by atoms with E-state index in [0.29, 0.717) is 27.9 Å². The average Bonchev–Trinajstić information content (AvgIpc) is 3.07. The molecule has 0 spiro atoms. The molecule has 9 nitrogen and oxygen atoms in total. The Bertz CT molecular complexity index is 1320. The van der Waals surface area contributed by atoms with Gasteiger partial charge in [0.25, 0.3) is 11.2 Å². The summed E-state index contributed by atoms with van der Waals surface area (Å²) in [6, 6.07) is 7.92. The number of cyclic esters (lactones) is 1. The van der Waals surface area contributed by atoms with Crippen molar-refractivity contribution in [2.24, 2.45) is 0 Å². The Morgan fingerprint density at radius 2 is 2.10 bits per heavy atom. The fourth-order valence-corrected chi connectivity index (χ4v) is 4.15. The number of hydrogen-bond acceptors (Lipinski definition) is 7. The van der Waals surface area contributed by atoms with Crippen molar-refractivity contribution in [3.8, 4) is 11.4 Å². The van der Waals surface area contributed by atoms with E-state index in [2.05, 4.69) is 4.98 Å². The molecular formula is C20H15AcN3O6. The Kier molecular flexibility index (Phi) is 5.08. The second-order valence-corrected chi connectivity index (χ2v) is 7.20. The standard InChI is InChI=1S/C20H15N3O6.Ac/c1-2-20(26)13-7-16-17-10(8-22(16)18(24)12(13)9-29-19(20)25)6-11-14(21-17)4-3-5-15(11)23(27)28;/h3-7,26H,2,8-9H2,1H3;. The number of pyridine rings is 2. The van der Waals surface area contributed by atoms with Crippen LogP contribution in [0.4, 0.5) is 5.69 Å². The summed E-state index contributed by atoms with van der Waals surface area (Å²) in [6.07, 6.45) is 0.0614. The van der Waals surface area contributed by atoms with Gasteiger partial charge in [0.1, 0.15) is 6.61 Å². The molecular weight excluding hydrogens is 605 g/mol. The first-order valence-electron chi connectivity index (χ1n) is 9.09. The normalized spacial score (nSPS) is 18.8. The monoisotopic (exact) mass is 620 g/mol. The number of nitro groups is 1. The zero-order valence-electron chi connectivity index (χ0n) is 15.9. The number of nitrogens with zero attached hydrogens (tertiary/aromatic N) is 3. The molecule has 10 heteroatoms. The maximum absolute atomic E-state index is 13.1. The minimum absolute atomic E-state index is 0. The van der Waals surface area contributed by atoms with Crippen LogP contribution in [0.25, 0.3) is 22.3 Å². The van der Waals surface area contributed by atoms with Gasteiger partial charge in [0.2, 0.25) is 0 Å². The van der Waals surface area contributed by atoms with Gasteiger partial charge in [0, 0.05) is 61.3 Å². The number of carbonyl (C=O) groups excluding carboxylic acids is 1. The number of ether oxygens (including phenoxy) is 1. The molecule has 0 saturated heterocycles. The van der Waals surface area contributed by atoms with E-state index in [4.69, 9.17) is 4.74 Å². The van der Waals surface area contributed by atoms with Gasteiger partial charge in [-0.05, 0) is 24.6 Å². The van der Waals surface area contributed by atoms with Crippen molar-refractivity contribution in [2.45, 2.75) is 32.1 Å². The van der Waals surface area contributed by atoms with Crippen LogP contribution in [0.3, 0.4) is 0 Å². The predicted octanol–water partition coefficient (Wildman–Crippen LogP) is 1.99. The van der Waals surface area contributed by atoms with E-state index in [-0.39, 0.29) is 86.0 Å². The SMILES string of the molecule is CCC1(O)C(=O)OCc2c1cc1n(c2=O)Cc2cc3c([N+](=O)[O-])cccc3nc2-1.[Ac]. The van der Waals surface area contributed by atoms with Crippen molar-refractivity contribution in [1.29, 1.82) is 0 Å². The van der Waals surface area contributed by atoms with Crippen LogP contribution in [0.5, 0.6) is 0 Å². The smallest absolute Gasteiger partial charge is 0.343 e. The van der Waals surface area contributed by atoms with Gasteiger partial charge in [0.15, 0.2) is 5.60 Å². The van der Waals surface area contributed by atoms with Crippen molar-refractivity contribution in [3.63, 3.8) is 0 Å².